The molecule has 0 N–H and O–H groups in total. The quantitative estimate of drug-likeness (QED) is 0.453. The molecule has 0 radical (unpaired) electrons. The van der Waals surface area contributed by atoms with Crippen LogP contribution in [0.25, 0.3) is 0 Å². The van der Waals surface area contributed by atoms with Crippen molar-refractivity contribution in [3.05, 3.63) is 71.8 Å². The third kappa shape index (κ3) is 6.67. The molecule has 0 aliphatic carbocycles. The third-order valence-corrected chi connectivity index (χ3v) is 4.74. The zero-order chi connectivity index (χ0) is 16.4. The lowest BCUT2D eigenvalue weighted by Gasteiger charge is -2.17. The Kier molecular flexibility index (Phi) is 7.50. The third-order valence-electron chi connectivity index (χ3n) is 3.22. The molecule has 1 unspecified atom stereocenters. The Morgan fingerprint density at radius 2 is 1.43 bits per heavy atom. The topological polar surface area (TPSA) is 44.8 Å². The summed E-state index contributed by atoms with van der Waals surface area (Å²) in [4.78, 5) is 0. The van der Waals surface area contributed by atoms with E-state index in [0.717, 1.165) is 18.4 Å². The molecule has 0 amide bonds. The zero-order valence-corrected chi connectivity index (χ0v) is 14.3. The summed E-state index contributed by atoms with van der Waals surface area (Å²) in [6, 6.07) is 19.7. The fourth-order valence-electron chi connectivity index (χ4n) is 2.10. The summed E-state index contributed by atoms with van der Waals surface area (Å²) in [6.45, 7) is 2.59. The number of phosphoric acid groups is 1. The van der Waals surface area contributed by atoms with E-state index >= 15 is 0 Å². The molecule has 0 aliphatic rings. The van der Waals surface area contributed by atoms with E-state index < -0.39 is 7.82 Å². The molecule has 0 bridgehead atoms. The monoisotopic (exact) mass is 334 g/mol. The molecule has 0 aliphatic heterocycles. The molecule has 0 heterocycles. The molecule has 0 spiro atoms. The smallest absolute Gasteiger partial charge is 0.287 e. The van der Waals surface area contributed by atoms with Crippen molar-refractivity contribution >= 4 is 7.82 Å². The highest BCUT2D eigenvalue weighted by atomic mass is 31.2. The number of aryl methyl sites for hydroxylation is 1. The summed E-state index contributed by atoms with van der Waals surface area (Å²) in [6.07, 6.45) is 1.63. The van der Waals surface area contributed by atoms with Gasteiger partial charge >= 0.3 is 7.82 Å². The van der Waals surface area contributed by atoms with Crippen LogP contribution in [0.2, 0.25) is 0 Å². The van der Waals surface area contributed by atoms with Gasteiger partial charge < -0.3 is 0 Å². The normalized spacial score (nSPS) is 13.6. The highest BCUT2D eigenvalue weighted by molar-refractivity contribution is 7.48. The molecule has 0 aromatic heterocycles. The van der Waals surface area contributed by atoms with Crippen molar-refractivity contribution < 1.29 is 18.1 Å². The van der Waals surface area contributed by atoms with Crippen LogP contribution in [0.1, 0.15) is 24.5 Å². The van der Waals surface area contributed by atoms with Crippen molar-refractivity contribution in [2.24, 2.45) is 0 Å². The average Bonchev–Trinajstić information content (AvgIpc) is 2.59. The van der Waals surface area contributed by atoms with Crippen LogP contribution in [0, 0.1) is 0 Å². The van der Waals surface area contributed by atoms with E-state index in [1.165, 1.54) is 5.56 Å². The van der Waals surface area contributed by atoms with Crippen molar-refractivity contribution in [2.75, 3.05) is 13.2 Å². The average molecular weight is 334 g/mol. The van der Waals surface area contributed by atoms with Crippen LogP contribution >= 0.6 is 7.82 Å². The number of benzene rings is 2. The van der Waals surface area contributed by atoms with Crippen LogP contribution in [0.5, 0.6) is 0 Å². The van der Waals surface area contributed by atoms with E-state index in [-0.39, 0.29) is 13.2 Å². The lowest BCUT2D eigenvalue weighted by atomic mass is 10.1. The molecule has 1 atom stereocenters. The first-order chi connectivity index (χ1) is 11.2. The van der Waals surface area contributed by atoms with Crippen molar-refractivity contribution in [3.63, 3.8) is 0 Å². The van der Waals surface area contributed by atoms with Gasteiger partial charge in [0, 0.05) is 0 Å². The second-order valence-electron chi connectivity index (χ2n) is 5.05. The highest BCUT2D eigenvalue weighted by Crippen LogP contribution is 2.50. The van der Waals surface area contributed by atoms with Crippen LogP contribution in [0.4, 0.5) is 0 Å². The second kappa shape index (κ2) is 9.64. The first kappa shape index (κ1) is 17.9. The summed E-state index contributed by atoms with van der Waals surface area (Å²) in [7, 11) is -3.51. The minimum atomic E-state index is -3.51. The maximum Gasteiger partial charge on any atom is 0.475 e. The number of phosphoric ester groups is 1. The van der Waals surface area contributed by atoms with Gasteiger partial charge in [-0.15, -0.1) is 0 Å². The number of hydrogen-bond donors (Lipinski definition) is 0. The molecular weight excluding hydrogens is 311 g/mol. The van der Waals surface area contributed by atoms with E-state index in [9.17, 15) is 4.57 Å². The van der Waals surface area contributed by atoms with E-state index in [4.69, 9.17) is 13.6 Å². The molecule has 2 aromatic carbocycles. The second-order valence-corrected chi connectivity index (χ2v) is 6.72. The fourth-order valence-corrected chi connectivity index (χ4v) is 3.29. The van der Waals surface area contributed by atoms with Gasteiger partial charge in [0.2, 0.25) is 0 Å². The van der Waals surface area contributed by atoms with Gasteiger partial charge in [0.1, 0.15) is 0 Å². The Morgan fingerprint density at radius 1 is 0.826 bits per heavy atom. The summed E-state index contributed by atoms with van der Waals surface area (Å²) in [5.74, 6) is 0. The van der Waals surface area contributed by atoms with Gasteiger partial charge in [-0.05, 0) is 30.9 Å². The van der Waals surface area contributed by atoms with Crippen LogP contribution in [0.3, 0.4) is 0 Å². The number of rotatable bonds is 10. The molecule has 0 saturated carbocycles. The first-order valence-corrected chi connectivity index (χ1v) is 9.29. The molecule has 2 aromatic rings. The predicted octanol–water partition coefficient (Wildman–Crippen LogP) is 5.00. The van der Waals surface area contributed by atoms with Gasteiger partial charge in [-0.1, -0.05) is 60.7 Å². The lowest BCUT2D eigenvalue weighted by Crippen LogP contribution is -2.03. The zero-order valence-electron chi connectivity index (χ0n) is 13.4. The Balaban J connectivity index is 1.78. The van der Waals surface area contributed by atoms with Crippen LogP contribution in [-0.2, 0) is 31.2 Å². The van der Waals surface area contributed by atoms with E-state index in [1.54, 1.807) is 6.92 Å². The van der Waals surface area contributed by atoms with Crippen molar-refractivity contribution in [3.8, 4) is 0 Å². The van der Waals surface area contributed by atoms with Crippen molar-refractivity contribution in [1.82, 2.24) is 0 Å². The van der Waals surface area contributed by atoms with Crippen LogP contribution in [-0.4, -0.2) is 13.2 Å². The van der Waals surface area contributed by atoms with Gasteiger partial charge in [0.05, 0.1) is 19.8 Å². The molecule has 5 heteroatoms. The predicted molar refractivity (Wildman–Crippen MR) is 91.2 cm³/mol. The molecule has 0 fully saturated rings. The minimum absolute atomic E-state index is 0.205. The maximum atomic E-state index is 12.5. The molecular formula is C18H23O4P. The highest BCUT2D eigenvalue weighted by Gasteiger charge is 2.25. The Bertz CT molecular complexity index is 601. The van der Waals surface area contributed by atoms with Gasteiger partial charge in [0.25, 0.3) is 0 Å². The maximum absolute atomic E-state index is 12.5. The van der Waals surface area contributed by atoms with Gasteiger partial charge in [0.15, 0.2) is 0 Å². The van der Waals surface area contributed by atoms with E-state index in [0.29, 0.717) is 6.61 Å². The Hall–Kier alpha value is -1.45. The molecule has 124 valence electrons. The fraction of sp³-hybridized carbons (Fsp3) is 0.333. The number of hydrogen-bond acceptors (Lipinski definition) is 4. The van der Waals surface area contributed by atoms with E-state index in [1.807, 2.05) is 48.5 Å². The Morgan fingerprint density at radius 3 is 2.04 bits per heavy atom. The van der Waals surface area contributed by atoms with Gasteiger partial charge in [-0.25, -0.2) is 4.57 Å². The lowest BCUT2D eigenvalue weighted by molar-refractivity contribution is 0.111. The van der Waals surface area contributed by atoms with Crippen molar-refractivity contribution in [1.29, 1.82) is 0 Å². The molecule has 0 saturated heterocycles. The molecule has 4 nitrogen and oxygen atoms in total. The summed E-state index contributed by atoms with van der Waals surface area (Å²) in [5.41, 5.74) is 2.16. The summed E-state index contributed by atoms with van der Waals surface area (Å²) in [5, 5.41) is 0. The van der Waals surface area contributed by atoms with E-state index in [2.05, 4.69) is 12.1 Å². The first-order valence-electron chi connectivity index (χ1n) is 7.83. The van der Waals surface area contributed by atoms with Gasteiger partial charge in [-0.3, -0.25) is 13.6 Å². The summed E-state index contributed by atoms with van der Waals surface area (Å²) >= 11 is 0. The largest absolute Gasteiger partial charge is 0.475 e. The molecule has 23 heavy (non-hydrogen) atoms. The summed E-state index contributed by atoms with van der Waals surface area (Å²) < 4.78 is 28.6. The van der Waals surface area contributed by atoms with Gasteiger partial charge in [-0.2, -0.15) is 0 Å². The van der Waals surface area contributed by atoms with Crippen LogP contribution < -0.4 is 0 Å². The minimum Gasteiger partial charge on any atom is -0.287 e. The standard InChI is InChI=1S/C18H23O4P/c1-2-20-23(19,22-16-18-12-7-4-8-13-18)21-15-9-14-17-10-5-3-6-11-17/h3-8,10-13H,2,9,14-16H2,1H3. The van der Waals surface area contributed by atoms with Crippen LogP contribution in [0.15, 0.2) is 60.7 Å². The molecule has 2 rings (SSSR count). The Labute approximate surface area is 138 Å². The SMILES string of the molecule is CCOP(=O)(OCCCc1ccccc1)OCc1ccccc1. The van der Waals surface area contributed by atoms with Crippen molar-refractivity contribution in [2.45, 2.75) is 26.4 Å².